The fraction of sp³-hybridized carbons (Fsp3) is 0.647. The molecule has 7 nitrogen and oxygen atoms in total. The number of aliphatic carboxylic acids is 1. The second-order valence-corrected chi connectivity index (χ2v) is 6.10. The van der Waals surface area contributed by atoms with Crippen LogP contribution in [0.3, 0.4) is 0 Å². The van der Waals surface area contributed by atoms with Crippen molar-refractivity contribution in [1.82, 2.24) is 9.80 Å². The molecule has 7 heteroatoms. The first-order valence-electron chi connectivity index (χ1n) is 8.37. The van der Waals surface area contributed by atoms with Crippen LogP contribution < -0.4 is 0 Å². The van der Waals surface area contributed by atoms with Gasteiger partial charge in [-0.25, -0.2) is 0 Å². The van der Waals surface area contributed by atoms with Crippen LogP contribution in [0, 0.1) is 0 Å². The second-order valence-electron chi connectivity index (χ2n) is 6.10. The number of amides is 1. The molecular formula is C17H26N2O5. The fourth-order valence-electron chi connectivity index (χ4n) is 2.98. The molecular weight excluding hydrogens is 312 g/mol. The standard InChI is InChI=1S/C17H26N2O5/c1-4-12-8-15(24-14(12)5-2)17(22)19-6-7-23-13(10-19)9-18(3)11-16(20)21/h8,13H,4-7,9-11H2,1-3H3,(H,20,21). The number of carbonyl (C=O) groups is 2. The number of furan rings is 1. The van der Waals surface area contributed by atoms with E-state index in [1.807, 2.05) is 19.9 Å². The van der Waals surface area contributed by atoms with Gasteiger partial charge in [0.05, 0.1) is 19.3 Å². The van der Waals surface area contributed by atoms with Gasteiger partial charge in [-0.2, -0.15) is 0 Å². The quantitative estimate of drug-likeness (QED) is 0.806. The lowest BCUT2D eigenvalue weighted by molar-refractivity contribution is -0.138. The van der Waals surface area contributed by atoms with Crippen molar-refractivity contribution in [3.05, 3.63) is 23.2 Å². The van der Waals surface area contributed by atoms with Crippen molar-refractivity contribution >= 4 is 11.9 Å². The molecule has 1 aliphatic heterocycles. The van der Waals surface area contributed by atoms with Gasteiger partial charge < -0.3 is 19.2 Å². The number of carboxylic acid groups (broad SMARTS) is 1. The Hall–Kier alpha value is -1.86. The number of nitrogens with zero attached hydrogens (tertiary/aromatic N) is 2. The third-order valence-corrected chi connectivity index (χ3v) is 4.16. The fourth-order valence-corrected chi connectivity index (χ4v) is 2.98. The molecule has 1 saturated heterocycles. The number of carbonyl (C=O) groups excluding carboxylic acids is 1. The molecule has 0 aliphatic carbocycles. The molecule has 1 fully saturated rings. The van der Waals surface area contributed by atoms with Crippen molar-refractivity contribution in [3.8, 4) is 0 Å². The van der Waals surface area contributed by atoms with Gasteiger partial charge in [0, 0.05) is 26.1 Å². The van der Waals surface area contributed by atoms with Gasteiger partial charge in [0.1, 0.15) is 5.76 Å². The van der Waals surface area contributed by atoms with Crippen molar-refractivity contribution in [2.75, 3.05) is 39.8 Å². The lowest BCUT2D eigenvalue weighted by Gasteiger charge is -2.34. The van der Waals surface area contributed by atoms with Crippen LogP contribution in [-0.4, -0.2) is 72.7 Å². The van der Waals surface area contributed by atoms with Crippen molar-refractivity contribution in [2.45, 2.75) is 32.8 Å². The van der Waals surface area contributed by atoms with Gasteiger partial charge in [0.2, 0.25) is 0 Å². The SMILES string of the molecule is CCc1cc(C(=O)N2CCOC(CN(C)CC(=O)O)C2)oc1CC. The normalized spacial score (nSPS) is 18.2. The van der Waals surface area contributed by atoms with Crippen LogP contribution in [0.15, 0.2) is 10.5 Å². The van der Waals surface area contributed by atoms with Crippen molar-refractivity contribution in [2.24, 2.45) is 0 Å². The molecule has 1 aromatic rings. The van der Waals surface area contributed by atoms with Gasteiger partial charge >= 0.3 is 5.97 Å². The number of aryl methyl sites for hydroxylation is 2. The average molecular weight is 338 g/mol. The Morgan fingerprint density at radius 1 is 1.38 bits per heavy atom. The van der Waals surface area contributed by atoms with Crippen LogP contribution in [0.25, 0.3) is 0 Å². The topological polar surface area (TPSA) is 83.2 Å². The first-order chi connectivity index (χ1) is 11.4. The van der Waals surface area contributed by atoms with Gasteiger partial charge in [-0.3, -0.25) is 14.5 Å². The highest BCUT2D eigenvalue weighted by molar-refractivity contribution is 5.92. The van der Waals surface area contributed by atoms with E-state index in [0.717, 1.165) is 24.2 Å². The Balaban J connectivity index is 1.99. The molecule has 0 bridgehead atoms. The van der Waals surface area contributed by atoms with Gasteiger partial charge in [0.25, 0.3) is 5.91 Å². The highest BCUT2D eigenvalue weighted by Crippen LogP contribution is 2.19. The lowest BCUT2D eigenvalue weighted by Crippen LogP contribution is -2.49. The number of rotatable bonds is 7. The predicted molar refractivity (Wildman–Crippen MR) is 88.2 cm³/mol. The van der Waals surface area contributed by atoms with Gasteiger partial charge in [-0.1, -0.05) is 13.8 Å². The number of carboxylic acids is 1. The summed E-state index contributed by atoms with van der Waals surface area (Å²) in [4.78, 5) is 26.8. The van der Waals surface area contributed by atoms with Crippen LogP contribution in [-0.2, 0) is 22.4 Å². The van der Waals surface area contributed by atoms with Crippen molar-refractivity contribution < 1.29 is 23.8 Å². The summed E-state index contributed by atoms with van der Waals surface area (Å²) in [5.74, 6) is 0.240. The van der Waals surface area contributed by atoms with Crippen LogP contribution in [0.4, 0.5) is 0 Å². The smallest absolute Gasteiger partial charge is 0.317 e. The van der Waals surface area contributed by atoms with E-state index < -0.39 is 5.97 Å². The molecule has 1 atom stereocenters. The molecule has 24 heavy (non-hydrogen) atoms. The van der Waals surface area contributed by atoms with Gasteiger partial charge in [-0.15, -0.1) is 0 Å². The maximum atomic E-state index is 12.7. The van der Waals surface area contributed by atoms with E-state index in [9.17, 15) is 9.59 Å². The maximum Gasteiger partial charge on any atom is 0.317 e. The first-order valence-corrected chi connectivity index (χ1v) is 8.37. The number of hydrogen-bond donors (Lipinski definition) is 1. The first kappa shape index (κ1) is 18.5. The summed E-state index contributed by atoms with van der Waals surface area (Å²) in [5.41, 5.74) is 1.08. The molecule has 2 rings (SSSR count). The van der Waals surface area contributed by atoms with Gasteiger partial charge in [0.15, 0.2) is 5.76 Å². The Labute approximate surface area is 142 Å². The zero-order valence-electron chi connectivity index (χ0n) is 14.6. The van der Waals surface area contributed by atoms with Crippen LogP contribution in [0.5, 0.6) is 0 Å². The zero-order chi connectivity index (χ0) is 17.7. The summed E-state index contributed by atoms with van der Waals surface area (Å²) >= 11 is 0. The summed E-state index contributed by atoms with van der Waals surface area (Å²) in [6.07, 6.45) is 1.41. The molecule has 1 aromatic heterocycles. The second kappa shape index (κ2) is 8.30. The van der Waals surface area contributed by atoms with E-state index in [4.69, 9.17) is 14.3 Å². The van der Waals surface area contributed by atoms with E-state index in [1.165, 1.54) is 0 Å². The van der Waals surface area contributed by atoms with E-state index in [0.29, 0.717) is 32.0 Å². The highest BCUT2D eigenvalue weighted by atomic mass is 16.5. The third kappa shape index (κ3) is 4.58. The number of ether oxygens (including phenoxy) is 1. The average Bonchev–Trinajstić information content (AvgIpc) is 2.96. The largest absolute Gasteiger partial charge is 0.480 e. The summed E-state index contributed by atoms with van der Waals surface area (Å²) in [6.45, 7) is 5.87. The van der Waals surface area contributed by atoms with Crippen LogP contribution in [0.1, 0.15) is 35.7 Å². The molecule has 1 N–H and O–H groups in total. The minimum absolute atomic E-state index is 0.0499. The maximum absolute atomic E-state index is 12.7. The van der Waals surface area contributed by atoms with E-state index in [-0.39, 0.29) is 18.6 Å². The lowest BCUT2D eigenvalue weighted by atomic mass is 10.1. The predicted octanol–water partition coefficient (Wildman–Crippen LogP) is 1.26. The molecule has 2 heterocycles. The Morgan fingerprint density at radius 2 is 2.12 bits per heavy atom. The van der Waals surface area contributed by atoms with Crippen LogP contribution >= 0.6 is 0 Å². The van der Waals surface area contributed by atoms with Crippen molar-refractivity contribution in [1.29, 1.82) is 0 Å². The number of likely N-dealkylation sites (N-methyl/N-ethyl adjacent to an activating group) is 1. The van der Waals surface area contributed by atoms with Gasteiger partial charge in [-0.05, 0) is 25.1 Å². The molecule has 0 saturated carbocycles. The third-order valence-electron chi connectivity index (χ3n) is 4.16. The highest BCUT2D eigenvalue weighted by Gasteiger charge is 2.28. The van der Waals surface area contributed by atoms with E-state index in [1.54, 1.807) is 16.8 Å². The minimum Gasteiger partial charge on any atom is -0.480 e. The summed E-state index contributed by atoms with van der Waals surface area (Å²) in [5, 5.41) is 8.82. The molecule has 1 aliphatic rings. The Kier molecular flexibility index (Phi) is 6.39. The van der Waals surface area contributed by atoms with E-state index >= 15 is 0 Å². The minimum atomic E-state index is -0.879. The summed E-state index contributed by atoms with van der Waals surface area (Å²) in [6, 6.07) is 1.84. The number of hydrogen-bond acceptors (Lipinski definition) is 5. The summed E-state index contributed by atoms with van der Waals surface area (Å²) < 4.78 is 11.4. The molecule has 1 unspecified atom stereocenters. The Morgan fingerprint density at radius 3 is 2.71 bits per heavy atom. The van der Waals surface area contributed by atoms with Crippen LogP contribution in [0.2, 0.25) is 0 Å². The molecule has 134 valence electrons. The monoisotopic (exact) mass is 338 g/mol. The molecule has 0 spiro atoms. The number of morpholine rings is 1. The van der Waals surface area contributed by atoms with Crippen molar-refractivity contribution in [3.63, 3.8) is 0 Å². The van der Waals surface area contributed by atoms with E-state index in [2.05, 4.69) is 0 Å². The Bertz CT molecular complexity index is 562. The zero-order valence-corrected chi connectivity index (χ0v) is 14.6. The molecule has 1 amide bonds. The molecule has 0 aromatic carbocycles. The summed E-state index contributed by atoms with van der Waals surface area (Å²) in [7, 11) is 1.73. The molecule has 0 radical (unpaired) electrons.